The molecule has 0 atom stereocenters. The van der Waals surface area contributed by atoms with E-state index in [1.54, 1.807) is 6.20 Å². The second-order valence-electron chi connectivity index (χ2n) is 6.72. The Kier molecular flexibility index (Phi) is 7.04. The summed E-state index contributed by atoms with van der Waals surface area (Å²) in [6, 6.07) is 17.1. The van der Waals surface area contributed by atoms with Crippen molar-refractivity contribution in [1.82, 2.24) is 14.5 Å². The van der Waals surface area contributed by atoms with Gasteiger partial charge in [0.15, 0.2) is 0 Å². The molecular formula is C22H27ClN5O+. The van der Waals surface area contributed by atoms with Crippen LogP contribution >= 0.6 is 11.6 Å². The number of halogens is 1. The molecule has 1 aromatic heterocycles. The number of nitrogens with one attached hydrogen (secondary N) is 1. The molecule has 0 aliphatic heterocycles. The van der Waals surface area contributed by atoms with Crippen LogP contribution in [0.5, 0.6) is 11.5 Å². The molecule has 1 heterocycles. The lowest BCUT2D eigenvalue weighted by Gasteiger charge is -2.35. The van der Waals surface area contributed by atoms with Crippen molar-refractivity contribution in [3.63, 3.8) is 0 Å². The number of quaternary nitrogens is 1. The minimum absolute atomic E-state index is 0.504. The lowest BCUT2D eigenvalue weighted by atomic mass is 10.3. The number of nitrogens with two attached hydrogens (primary N) is 1. The Bertz CT molecular complexity index is 914. The zero-order valence-electron chi connectivity index (χ0n) is 16.8. The van der Waals surface area contributed by atoms with E-state index >= 15 is 0 Å². The second kappa shape index (κ2) is 9.69. The largest absolute Gasteiger partial charge is 0.448 e. The van der Waals surface area contributed by atoms with Gasteiger partial charge in [0.2, 0.25) is 11.7 Å². The van der Waals surface area contributed by atoms with Crippen molar-refractivity contribution in [3.8, 4) is 11.5 Å². The van der Waals surface area contributed by atoms with E-state index in [9.17, 15) is 0 Å². The topological polar surface area (TPSA) is 73.1 Å². The van der Waals surface area contributed by atoms with Crippen LogP contribution in [0.3, 0.4) is 0 Å². The van der Waals surface area contributed by atoms with Crippen molar-refractivity contribution in [2.45, 2.75) is 13.8 Å². The predicted molar refractivity (Wildman–Crippen MR) is 120 cm³/mol. The molecular weight excluding hydrogens is 386 g/mol. The molecule has 0 radical (unpaired) electrons. The number of anilines is 2. The minimum Gasteiger partial charge on any atom is -0.448 e. The fourth-order valence-electron chi connectivity index (χ4n) is 3.30. The van der Waals surface area contributed by atoms with E-state index in [1.807, 2.05) is 54.6 Å². The number of hydrogen-bond acceptors (Lipinski definition) is 5. The highest BCUT2D eigenvalue weighted by molar-refractivity contribution is 6.30. The number of ether oxygens (including phenoxy) is 1. The molecule has 29 heavy (non-hydrogen) atoms. The molecule has 152 valence electrons. The second-order valence-corrected chi connectivity index (χ2v) is 7.15. The molecule has 3 aromatic rings. The maximum absolute atomic E-state index is 6.16. The van der Waals surface area contributed by atoms with Gasteiger partial charge in [-0.25, -0.2) is 4.98 Å². The summed E-state index contributed by atoms with van der Waals surface area (Å²) in [5, 5.41) is 3.93. The van der Waals surface area contributed by atoms with Gasteiger partial charge in [-0.2, -0.15) is 4.98 Å². The molecule has 0 fully saturated rings. The summed E-state index contributed by atoms with van der Waals surface area (Å²) in [6.07, 6.45) is 1.72. The van der Waals surface area contributed by atoms with Gasteiger partial charge in [-0.05, 0) is 50.2 Å². The van der Waals surface area contributed by atoms with Crippen LogP contribution in [0.4, 0.5) is 17.5 Å². The maximum Gasteiger partial charge on any atom is 0.276 e. The minimum atomic E-state index is 0.504. The van der Waals surface area contributed by atoms with E-state index < -0.39 is 0 Å². The average molecular weight is 413 g/mol. The van der Waals surface area contributed by atoms with Crippen LogP contribution in [-0.2, 0) is 0 Å². The molecule has 3 N–H and O–H groups in total. The van der Waals surface area contributed by atoms with E-state index in [0.29, 0.717) is 27.7 Å². The number of likely N-dealkylation sites (N-methyl/N-ethyl adjacent to an activating group) is 1. The zero-order chi connectivity index (χ0) is 20.7. The van der Waals surface area contributed by atoms with E-state index in [2.05, 4.69) is 24.1 Å². The summed E-state index contributed by atoms with van der Waals surface area (Å²) in [5.74, 6) is 2.70. The number of hydrogen-bond donors (Lipinski definition) is 2. The molecule has 0 amide bonds. The van der Waals surface area contributed by atoms with Gasteiger partial charge in [0.25, 0.3) is 5.82 Å². The van der Waals surface area contributed by atoms with Crippen molar-refractivity contribution in [1.29, 1.82) is 0 Å². The molecule has 0 saturated carbocycles. The standard InChI is InChI=1S/C22H27ClN5O/c1-3-28(4-2,15-14-24)21-20(29-19-8-6-5-7-9-19)16-25-22(27-21)26-18-12-10-17(23)11-13-18/h5-13,16H,3-4,14-15,24H2,1-2H3,(H,25,26,27)/q+1. The Morgan fingerprint density at radius 2 is 1.72 bits per heavy atom. The summed E-state index contributed by atoms with van der Waals surface area (Å²) in [4.78, 5) is 9.33. The van der Waals surface area contributed by atoms with Crippen LogP contribution in [0.2, 0.25) is 5.02 Å². The van der Waals surface area contributed by atoms with Crippen LogP contribution in [0.1, 0.15) is 13.8 Å². The monoisotopic (exact) mass is 412 g/mol. The van der Waals surface area contributed by atoms with Crippen LogP contribution in [0.15, 0.2) is 60.8 Å². The smallest absolute Gasteiger partial charge is 0.276 e. The third-order valence-electron chi connectivity index (χ3n) is 5.02. The Morgan fingerprint density at radius 3 is 2.34 bits per heavy atom. The Morgan fingerprint density at radius 1 is 1.03 bits per heavy atom. The normalized spacial score (nSPS) is 11.3. The van der Waals surface area contributed by atoms with Gasteiger partial charge in [-0.3, -0.25) is 4.48 Å². The lowest BCUT2D eigenvalue weighted by Crippen LogP contribution is -2.52. The van der Waals surface area contributed by atoms with Crippen LogP contribution in [0, 0.1) is 0 Å². The third-order valence-corrected chi connectivity index (χ3v) is 5.28. The van der Waals surface area contributed by atoms with Gasteiger partial charge < -0.3 is 15.8 Å². The van der Waals surface area contributed by atoms with Gasteiger partial charge in [-0.1, -0.05) is 29.8 Å². The SMILES string of the molecule is CC[N+](CC)(CCN)c1nc(Nc2ccc(Cl)cc2)ncc1Oc1ccccc1. The van der Waals surface area contributed by atoms with Gasteiger partial charge in [0.05, 0.1) is 25.8 Å². The molecule has 0 aliphatic carbocycles. The van der Waals surface area contributed by atoms with Crippen LogP contribution < -0.4 is 20.3 Å². The van der Waals surface area contributed by atoms with Crippen LogP contribution in [0.25, 0.3) is 0 Å². The summed E-state index contributed by atoms with van der Waals surface area (Å²) in [7, 11) is 0. The summed E-state index contributed by atoms with van der Waals surface area (Å²) < 4.78 is 6.77. The molecule has 7 heteroatoms. The van der Waals surface area contributed by atoms with Gasteiger partial charge in [0.1, 0.15) is 5.75 Å². The highest BCUT2D eigenvalue weighted by Crippen LogP contribution is 2.35. The fourth-order valence-corrected chi connectivity index (χ4v) is 3.43. The number of benzene rings is 2. The molecule has 0 spiro atoms. The molecule has 2 aromatic carbocycles. The molecule has 0 bridgehead atoms. The fraction of sp³-hybridized carbons (Fsp3) is 0.273. The molecule has 0 aliphatic rings. The number of rotatable bonds is 9. The zero-order valence-corrected chi connectivity index (χ0v) is 17.6. The molecule has 3 rings (SSSR count). The van der Waals surface area contributed by atoms with Crippen molar-refractivity contribution in [3.05, 3.63) is 65.8 Å². The van der Waals surface area contributed by atoms with Gasteiger partial charge in [-0.15, -0.1) is 0 Å². The van der Waals surface area contributed by atoms with Gasteiger partial charge in [0, 0.05) is 17.3 Å². The Labute approximate surface area is 176 Å². The lowest BCUT2D eigenvalue weighted by molar-refractivity contribution is 0.290. The predicted octanol–water partition coefficient (Wildman–Crippen LogP) is 4.97. The van der Waals surface area contributed by atoms with E-state index in [4.69, 9.17) is 27.1 Å². The number of aromatic nitrogens is 2. The molecule has 0 saturated heterocycles. The first-order valence-corrected chi connectivity index (χ1v) is 10.2. The summed E-state index contributed by atoms with van der Waals surface area (Å²) in [6.45, 7) is 7.28. The van der Waals surface area contributed by atoms with Crippen molar-refractivity contribution in [2.24, 2.45) is 5.73 Å². The maximum atomic E-state index is 6.16. The first kappa shape index (κ1) is 21.0. The van der Waals surface area contributed by atoms with E-state index in [0.717, 1.165) is 36.9 Å². The molecule has 6 nitrogen and oxygen atoms in total. The Balaban J connectivity index is 2.02. The molecule has 0 unspecified atom stereocenters. The quantitative estimate of drug-likeness (QED) is 0.485. The van der Waals surface area contributed by atoms with Gasteiger partial charge >= 0.3 is 0 Å². The first-order valence-electron chi connectivity index (χ1n) is 9.79. The van der Waals surface area contributed by atoms with Crippen molar-refractivity contribution in [2.75, 3.05) is 31.5 Å². The summed E-state index contributed by atoms with van der Waals surface area (Å²) >= 11 is 5.98. The van der Waals surface area contributed by atoms with Crippen molar-refractivity contribution < 1.29 is 4.74 Å². The summed E-state index contributed by atoms with van der Waals surface area (Å²) in [5.41, 5.74) is 6.82. The number of nitrogens with zero attached hydrogens (tertiary/aromatic N) is 3. The third kappa shape index (κ3) is 5.03. The highest BCUT2D eigenvalue weighted by atomic mass is 35.5. The van der Waals surface area contributed by atoms with E-state index in [1.165, 1.54) is 0 Å². The highest BCUT2D eigenvalue weighted by Gasteiger charge is 2.33. The average Bonchev–Trinajstić information content (AvgIpc) is 2.76. The van der Waals surface area contributed by atoms with E-state index in [-0.39, 0.29) is 0 Å². The number of para-hydroxylation sites is 1. The van der Waals surface area contributed by atoms with Crippen LogP contribution in [-0.4, -0.2) is 36.1 Å². The van der Waals surface area contributed by atoms with Crippen molar-refractivity contribution >= 4 is 29.1 Å². The first-order chi connectivity index (χ1) is 14.1. The Hall–Kier alpha value is -2.67.